The molecule has 0 bridgehead atoms. The van der Waals surface area contributed by atoms with Gasteiger partial charge in [0.15, 0.2) is 0 Å². The molecule has 0 aromatic heterocycles. The predicted molar refractivity (Wildman–Crippen MR) is 53.5 cm³/mol. The van der Waals surface area contributed by atoms with Crippen molar-refractivity contribution in [3.05, 3.63) is 0 Å². The van der Waals surface area contributed by atoms with E-state index < -0.39 is 0 Å². The van der Waals surface area contributed by atoms with Crippen molar-refractivity contribution in [2.45, 2.75) is 5.25 Å². The van der Waals surface area contributed by atoms with E-state index in [1.165, 1.54) is 17.3 Å². The lowest BCUT2D eigenvalue weighted by Gasteiger charge is -2.20. The van der Waals surface area contributed by atoms with Crippen molar-refractivity contribution in [2.75, 3.05) is 37.0 Å². The zero-order valence-electron chi connectivity index (χ0n) is 6.58. The second kappa shape index (κ2) is 6.17. The molecule has 0 aromatic rings. The van der Waals surface area contributed by atoms with Crippen LogP contribution in [-0.4, -0.2) is 47.3 Å². The van der Waals surface area contributed by atoms with Gasteiger partial charge in [0.2, 0.25) is 0 Å². The molecule has 2 N–H and O–H groups in total. The number of hydrogen-bond donors (Lipinski definition) is 2. The van der Waals surface area contributed by atoms with E-state index in [4.69, 9.17) is 5.11 Å². The lowest BCUT2D eigenvalue weighted by atomic mass is 10.4. The van der Waals surface area contributed by atoms with Gasteiger partial charge in [0.05, 0.1) is 6.61 Å². The minimum Gasteiger partial charge on any atom is -0.395 e. The van der Waals surface area contributed by atoms with Crippen molar-refractivity contribution in [1.82, 2.24) is 5.32 Å². The third-order valence-electron chi connectivity index (χ3n) is 1.55. The fraction of sp³-hybridized carbons (Fsp3) is 1.00. The van der Waals surface area contributed by atoms with Crippen LogP contribution in [0.4, 0.5) is 0 Å². The van der Waals surface area contributed by atoms with E-state index in [-0.39, 0.29) is 6.61 Å². The maximum Gasteiger partial charge on any atom is 0.0555 e. The second-order valence-electron chi connectivity index (χ2n) is 2.50. The van der Waals surface area contributed by atoms with Crippen molar-refractivity contribution in [2.24, 2.45) is 0 Å². The second-order valence-corrected chi connectivity index (χ2v) is 5.05. The van der Waals surface area contributed by atoms with Gasteiger partial charge in [-0.3, -0.25) is 0 Å². The Morgan fingerprint density at radius 2 is 2.36 bits per heavy atom. The van der Waals surface area contributed by atoms with Crippen LogP contribution in [0.5, 0.6) is 0 Å². The first-order valence-corrected chi connectivity index (χ1v) is 6.15. The number of aliphatic hydroxyl groups excluding tert-OH is 1. The molecule has 1 aliphatic rings. The molecule has 0 spiro atoms. The molecule has 0 saturated carbocycles. The number of rotatable bonds is 4. The Morgan fingerprint density at radius 1 is 1.45 bits per heavy atom. The van der Waals surface area contributed by atoms with Crippen molar-refractivity contribution in [3.63, 3.8) is 0 Å². The molecule has 1 saturated heterocycles. The monoisotopic (exact) mass is 193 g/mol. The van der Waals surface area contributed by atoms with Crippen molar-refractivity contribution in [3.8, 4) is 0 Å². The molecule has 66 valence electrons. The molecule has 1 aliphatic heterocycles. The minimum atomic E-state index is 0.254. The number of aliphatic hydroxyl groups is 1. The van der Waals surface area contributed by atoms with Gasteiger partial charge in [-0.2, -0.15) is 23.5 Å². The average molecular weight is 193 g/mol. The van der Waals surface area contributed by atoms with Gasteiger partial charge < -0.3 is 10.4 Å². The van der Waals surface area contributed by atoms with Crippen molar-refractivity contribution < 1.29 is 5.11 Å². The minimum absolute atomic E-state index is 0.254. The van der Waals surface area contributed by atoms with Gasteiger partial charge in [0.25, 0.3) is 0 Å². The molecule has 0 aliphatic carbocycles. The summed E-state index contributed by atoms with van der Waals surface area (Å²) in [6.07, 6.45) is 0. The molecule has 0 amide bonds. The summed E-state index contributed by atoms with van der Waals surface area (Å²) in [6, 6.07) is 0. The van der Waals surface area contributed by atoms with Gasteiger partial charge in [-0.25, -0.2) is 0 Å². The molecule has 4 heteroatoms. The van der Waals surface area contributed by atoms with E-state index in [1.807, 2.05) is 23.5 Å². The molecule has 0 radical (unpaired) electrons. The summed E-state index contributed by atoms with van der Waals surface area (Å²) in [6.45, 7) is 2.05. The first kappa shape index (κ1) is 9.71. The Balaban J connectivity index is 1.96. The molecule has 1 atom stereocenters. The maximum absolute atomic E-state index is 8.52. The number of thioether (sulfide) groups is 2. The number of nitrogens with one attached hydrogen (secondary N) is 1. The van der Waals surface area contributed by atoms with E-state index in [0.29, 0.717) is 0 Å². The third kappa shape index (κ3) is 4.25. The molecule has 1 fully saturated rings. The summed E-state index contributed by atoms with van der Waals surface area (Å²) in [5.41, 5.74) is 0. The highest BCUT2D eigenvalue weighted by molar-refractivity contribution is 8.06. The van der Waals surface area contributed by atoms with Crippen molar-refractivity contribution in [1.29, 1.82) is 0 Å². The van der Waals surface area contributed by atoms with Crippen LogP contribution < -0.4 is 5.32 Å². The predicted octanol–water partition coefficient (Wildman–Crippen LogP) is 0.417. The third-order valence-corrected chi connectivity index (χ3v) is 4.39. The van der Waals surface area contributed by atoms with E-state index in [9.17, 15) is 0 Å². The zero-order valence-corrected chi connectivity index (χ0v) is 8.22. The Hall–Kier alpha value is 0.620. The van der Waals surface area contributed by atoms with Crippen LogP contribution in [0.3, 0.4) is 0 Å². The molecule has 1 unspecified atom stereocenters. The van der Waals surface area contributed by atoms with Crippen LogP contribution in [0.2, 0.25) is 0 Å². The summed E-state index contributed by atoms with van der Waals surface area (Å²) in [5, 5.41) is 12.5. The molecular weight excluding hydrogens is 178 g/mol. The highest BCUT2D eigenvalue weighted by Gasteiger charge is 2.12. The van der Waals surface area contributed by atoms with E-state index in [1.54, 1.807) is 0 Å². The molecule has 1 rings (SSSR count). The van der Waals surface area contributed by atoms with Gasteiger partial charge in [0, 0.05) is 35.6 Å². The van der Waals surface area contributed by atoms with Crippen LogP contribution >= 0.6 is 23.5 Å². The Kier molecular flexibility index (Phi) is 5.45. The first-order valence-electron chi connectivity index (χ1n) is 3.94. The molecule has 11 heavy (non-hydrogen) atoms. The number of hydrogen-bond acceptors (Lipinski definition) is 4. The van der Waals surface area contributed by atoms with Crippen LogP contribution in [0, 0.1) is 0 Å². The summed E-state index contributed by atoms with van der Waals surface area (Å²) in [5.74, 6) is 3.86. The summed E-state index contributed by atoms with van der Waals surface area (Å²) < 4.78 is 0. The molecule has 0 aromatic carbocycles. The maximum atomic E-state index is 8.52. The topological polar surface area (TPSA) is 32.3 Å². The van der Waals surface area contributed by atoms with E-state index in [0.717, 1.165) is 18.3 Å². The highest BCUT2D eigenvalue weighted by atomic mass is 32.2. The first-order chi connectivity index (χ1) is 5.43. The molecule has 1 heterocycles. The van der Waals surface area contributed by atoms with Gasteiger partial charge >= 0.3 is 0 Å². The SMILES string of the molecule is OCCNCC1CSCCS1. The normalized spacial score (nSPS) is 25.4. The lowest BCUT2D eigenvalue weighted by molar-refractivity contribution is 0.293. The van der Waals surface area contributed by atoms with Crippen molar-refractivity contribution >= 4 is 23.5 Å². The standard InChI is InChI=1S/C7H15NOS2/c9-2-1-8-5-7-6-10-3-4-11-7/h7-9H,1-6H2. The van der Waals surface area contributed by atoms with Crippen LogP contribution in [0.25, 0.3) is 0 Å². The lowest BCUT2D eigenvalue weighted by Crippen LogP contribution is -2.30. The largest absolute Gasteiger partial charge is 0.395 e. The molecular formula is C7H15NOS2. The molecule has 2 nitrogen and oxygen atoms in total. The zero-order chi connectivity index (χ0) is 7.94. The van der Waals surface area contributed by atoms with E-state index >= 15 is 0 Å². The van der Waals surface area contributed by atoms with Gasteiger partial charge in [0.1, 0.15) is 0 Å². The smallest absolute Gasteiger partial charge is 0.0555 e. The van der Waals surface area contributed by atoms with Crippen LogP contribution in [0.1, 0.15) is 0 Å². The van der Waals surface area contributed by atoms with Crippen LogP contribution in [-0.2, 0) is 0 Å². The van der Waals surface area contributed by atoms with Gasteiger partial charge in [-0.1, -0.05) is 0 Å². The fourth-order valence-corrected chi connectivity index (χ4v) is 3.64. The quantitative estimate of drug-likeness (QED) is 0.634. The Bertz CT molecular complexity index is 96.4. The highest BCUT2D eigenvalue weighted by Crippen LogP contribution is 2.22. The van der Waals surface area contributed by atoms with Gasteiger partial charge in [-0.15, -0.1) is 0 Å². The van der Waals surface area contributed by atoms with E-state index in [2.05, 4.69) is 5.32 Å². The summed E-state index contributed by atoms with van der Waals surface area (Å²) in [4.78, 5) is 0. The van der Waals surface area contributed by atoms with Crippen LogP contribution in [0.15, 0.2) is 0 Å². The fourth-order valence-electron chi connectivity index (χ4n) is 0.997. The Morgan fingerprint density at radius 3 is 3.00 bits per heavy atom. The average Bonchev–Trinajstić information content (AvgIpc) is 2.07. The summed E-state index contributed by atoms with van der Waals surface area (Å²) in [7, 11) is 0. The van der Waals surface area contributed by atoms with Gasteiger partial charge in [-0.05, 0) is 0 Å². The summed E-state index contributed by atoms with van der Waals surface area (Å²) >= 11 is 4.09. The Labute approximate surface area is 76.5 Å².